The standard InChI is InChI=1S/C8H13NO2/c1-3-10-9-6-8-5-4-7(2)11-8/h4-5,9H,3,6H2,1-2H3. The van der Waals surface area contributed by atoms with Gasteiger partial charge < -0.3 is 9.25 Å². The van der Waals surface area contributed by atoms with Gasteiger partial charge in [-0.3, -0.25) is 0 Å². The third kappa shape index (κ3) is 2.74. The Kier molecular flexibility index (Phi) is 3.14. The molecule has 3 nitrogen and oxygen atoms in total. The minimum Gasteiger partial charge on any atom is -0.465 e. The Morgan fingerprint density at radius 2 is 2.36 bits per heavy atom. The van der Waals surface area contributed by atoms with Crippen LogP contribution in [0.4, 0.5) is 0 Å². The van der Waals surface area contributed by atoms with Gasteiger partial charge in [0.2, 0.25) is 0 Å². The predicted octanol–water partition coefficient (Wildman–Crippen LogP) is 1.63. The summed E-state index contributed by atoms with van der Waals surface area (Å²) in [5, 5.41) is 0. The van der Waals surface area contributed by atoms with E-state index in [1.165, 1.54) is 0 Å². The molecule has 3 heteroatoms. The van der Waals surface area contributed by atoms with Crippen molar-refractivity contribution in [1.82, 2.24) is 5.48 Å². The largest absolute Gasteiger partial charge is 0.465 e. The number of rotatable bonds is 4. The molecule has 0 aromatic carbocycles. The van der Waals surface area contributed by atoms with Crippen molar-refractivity contribution in [2.24, 2.45) is 0 Å². The zero-order chi connectivity index (χ0) is 8.10. The summed E-state index contributed by atoms with van der Waals surface area (Å²) in [4.78, 5) is 4.94. The maximum Gasteiger partial charge on any atom is 0.120 e. The molecule has 1 aromatic heterocycles. The molecule has 1 rings (SSSR count). The lowest BCUT2D eigenvalue weighted by Gasteiger charge is -1.99. The first-order valence-corrected chi connectivity index (χ1v) is 3.73. The highest BCUT2D eigenvalue weighted by molar-refractivity contribution is 5.04. The van der Waals surface area contributed by atoms with Crippen LogP contribution in [0.15, 0.2) is 16.5 Å². The first kappa shape index (κ1) is 8.30. The van der Waals surface area contributed by atoms with Gasteiger partial charge in [0.05, 0.1) is 13.2 Å². The highest BCUT2D eigenvalue weighted by atomic mass is 16.6. The van der Waals surface area contributed by atoms with Gasteiger partial charge in [0.25, 0.3) is 0 Å². The lowest BCUT2D eigenvalue weighted by molar-refractivity contribution is 0.0424. The lowest BCUT2D eigenvalue weighted by Crippen LogP contribution is -2.12. The van der Waals surface area contributed by atoms with Crippen molar-refractivity contribution in [1.29, 1.82) is 0 Å². The number of hydroxylamine groups is 1. The van der Waals surface area contributed by atoms with E-state index in [9.17, 15) is 0 Å². The van der Waals surface area contributed by atoms with Crippen molar-refractivity contribution in [3.05, 3.63) is 23.7 Å². The SMILES string of the molecule is CCONCc1ccc(C)o1. The van der Waals surface area contributed by atoms with Crippen LogP contribution in [0.5, 0.6) is 0 Å². The second-order valence-electron chi connectivity index (χ2n) is 2.27. The molecule has 0 aliphatic carbocycles. The molecule has 1 N–H and O–H groups in total. The van der Waals surface area contributed by atoms with E-state index in [1.807, 2.05) is 26.0 Å². The summed E-state index contributed by atoms with van der Waals surface area (Å²) in [5.74, 6) is 1.83. The maximum absolute atomic E-state index is 5.29. The van der Waals surface area contributed by atoms with Crippen molar-refractivity contribution in [2.45, 2.75) is 20.4 Å². The number of nitrogens with one attached hydrogen (secondary N) is 1. The smallest absolute Gasteiger partial charge is 0.120 e. The quantitative estimate of drug-likeness (QED) is 0.530. The van der Waals surface area contributed by atoms with E-state index in [2.05, 4.69) is 5.48 Å². The van der Waals surface area contributed by atoms with E-state index in [1.54, 1.807) is 0 Å². The van der Waals surface area contributed by atoms with E-state index in [0.29, 0.717) is 13.2 Å². The Hall–Kier alpha value is -0.800. The summed E-state index contributed by atoms with van der Waals surface area (Å²) >= 11 is 0. The first-order chi connectivity index (χ1) is 5.33. The van der Waals surface area contributed by atoms with Crippen LogP contribution in [0.3, 0.4) is 0 Å². The molecular weight excluding hydrogens is 142 g/mol. The normalized spacial score (nSPS) is 10.4. The van der Waals surface area contributed by atoms with Gasteiger partial charge in [0.1, 0.15) is 11.5 Å². The molecule has 0 fully saturated rings. The van der Waals surface area contributed by atoms with Gasteiger partial charge in [-0.05, 0) is 26.0 Å². The van der Waals surface area contributed by atoms with Crippen LogP contribution >= 0.6 is 0 Å². The summed E-state index contributed by atoms with van der Waals surface area (Å²) in [6.07, 6.45) is 0. The highest BCUT2D eigenvalue weighted by Crippen LogP contribution is 2.04. The Labute approximate surface area is 66.3 Å². The van der Waals surface area contributed by atoms with Crippen LogP contribution < -0.4 is 5.48 Å². The lowest BCUT2D eigenvalue weighted by atomic mass is 10.4. The minimum absolute atomic E-state index is 0.627. The summed E-state index contributed by atoms with van der Waals surface area (Å²) < 4.78 is 5.29. The van der Waals surface area contributed by atoms with Crippen LogP contribution in [-0.2, 0) is 11.4 Å². The Morgan fingerprint density at radius 3 is 2.91 bits per heavy atom. The summed E-state index contributed by atoms with van der Waals surface area (Å²) in [6.45, 7) is 5.14. The minimum atomic E-state index is 0.627. The number of furan rings is 1. The fourth-order valence-corrected chi connectivity index (χ4v) is 0.804. The first-order valence-electron chi connectivity index (χ1n) is 3.73. The second kappa shape index (κ2) is 4.16. The number of hydrogen-bond acceptors (Lipinski definition) is 3. The van der Waals surface area contributed by atoms with Gasteiger partial charge in [-0.2, -0.15) is 5.48 Å². The molecule has 11 heavy (non-hydrogen) atoms. The van der Waals surface area contributed by atoms with Crippen LogP contribution in [0.25, 0.3) is 0 Å². The van der Waals surface area contributed by atoms with Gasteiger partial charge in [0, 0.05) is 0 Å². The van der Waals surface area contributed by atoms with E-state index in [-0.39, 0.29) is 0 Å². The van der Waals surface area contributed by atoms with Crippen molar-refractivity contribution in [3.63, 3.8) is 0 Å². The van der Waals surface area contributed by atoms with E-state index < -0.39 is 0 Å². The molecule has 1 heterocycles. The molecule has 0 amide bonds. The van der Waals surface area contributed by atoms with Crippen molar-refractivity contribution < 1.29 is 9.25 Å². The third-order valence-electron chi connectivity index (χ3n) is 1.29. The molecule has 0 saturated carbocycles. The average Bonchev–Trinajstić information content (AvgIpc) is 2.37. The fourth-order valence-electron chi connectivity index (χ4n) is 0.804. The maximum atomic E-state index is 5.29. The molecule has 62 valence electrons. The predicted molar refractivity (Wildman–Crippen MR) is 41.9 cm³/mol. The molecule has 0 bridgehead atoms. The van der Waals surface area contributed by atoms with Gasteiger partial charge >= 0.3 is 0 Å². The van der Waals surface area contributed by atoms with Gasteiger partial charge in [-0.15, -0.1) is 0 Å². The average molecular weight is 155 g/mol. The summed E-state index contributed by atoms with van der Waals surface area (Å²) in [6, 6.07) is 3.87. The Balaban J connectivity index is 2.27. The van der Waals surface area contributed by atoms with Crippen LogP contribution in [0.1, 0.15) is 18.4 Å². The molecule has 0 spiro atoms. The molecular formula is C8H13NO2. The summed E-state index contributed by atoms with van der Waals surface area (Å²) in [7, 11) is 0. The van der Waals surface area contributed by atoms with Gasteiger partial charge in [-0.1, -0.05) is 0 Å². The zero-order valence-electron chi connectivity index (χ0n) is 6.89. The Morgan fingerprint density at radius 1 is 1.55 bits per heavy atom. The topological polar surface area (TPSA) is 34.4 Å². The third-order valence-corrected chi connectivity index (χ3v) is 1.29. The summed E-state index contributed by atoms with van der Waals surface area (Å²) in [5.41, 5.74) is 2.77. The molecule has 0 saturated heterocycles. The molecule has 0 atom stereocenters. The van der Waals surface area contributed by atoms with E-state index >= 15 is 0 Å². The van der Waals surface area contributed by atoms with Crippen LogP contribution in [-0.4, -0.2) is 6.61 Å². The van der Waals surface area contributed by atoms with Gasteiger partial charge in [-0.25, -0.2) is 0 Å². The molecule has 1 aromatic rings. The van der Waals surface area contributed by atoms with Crippen molar-refractivity contribution >= 4 is 0 Å². The van der Waals surface area contributed by atoms with Crippen molar-refractivity contribution in [2.75, 3.05) is 6.61 Å². The molecule has 0 radical (unpaired) electrons. The number of hydrogen-bond donors (Lipinski definition) is 1. The monoisotopic (exact) mass is 155 g/mol. The Bertz CT molecular complexity index is 208. The van der Waals surface area contributed by atoms with E-state index in [4.69, 9.17) is 9.25 Å². The van der Waals surface area contributed by atoms with Crippen LogP contribution in [0.2, 0.25) is 0 Å². The van der Waals surface area contributed by atoms with Gasteiger partial charge in [0.15, 0.2) is 0 Å². The molecule has 0 aliphatic heterocycles. The molecule has 0 unspecified atom stereocenters. The van der Waals surface area contributed by atoms with Crippen LogP contribution in [0, 0.1) is 6.92 Å². The fraction of sp³-hybridized carbons (Fsp3) is 0.500. The van der Waals surface area contributed by atoms with Crippen molar-refractivity contribution in [3.8, 4) is 0 Å². The zero-order valence-corrected chi connectivity index (χ0v) is 6.89. The highest BCUT2D eigenvalue weighted by Gasteiger charge is 1.95. The number of aryl methyl sites for hydroxylation is 1. The molecule has 0 aliphatic rings. The second-order valence-corrected chi connectivity index (χ2v) is 2.27. The van der Waals surface area contributed by atoms with E-state index in [0.717, 1.165) is 11.5 Å².